The van der Waals surface area contributed by atoms with Gasteiger partial charge in [-0.2, -0.15) is 0 Å². The molecule has 0 saturated carbocycles. The van der Waals surface area contributed by atoms with Gasteiger partial charge < -0.3 is 14.6 Å². The van der Waals surface area contributed by atoms with Crippen LogP contribution in [0, 0.1) is 17.5 Å². The van der Waals surface area contributed by atoms with Crippen molar-refractivity contribution in [1.82, 2.24) is 4.98 Å². The number of hydrogen-bond acceptors (Lipinski definition) is 6. The molecule has 0 atom stereocenters. The SMILES string of the molecule is CCCCCCCOc1cccc(-c2csc(NC(=O)c3cc(F)c(/C=C(\OC)C(=O)O)c(F)c3)n2)c1F. The minimum atomic E-state index is -1.51. The molecule has 0 bridgehead atoms. The molecule has 1 amide bonds. The van der Waals surface area contributed by atoms with E-state index in [0.717, 1.165) is 62.7 Å². The van der Waals surface area contributed by atoms with Crippen LogP contribution in [0.2, 0.25) is 0 Å². The van der Waals surface area contributed by atoms with E-state index < -0.39 is 40.7 Å². The summed E-state index contributed by atoms with van der Waals surface area (Å²) >= 11 is 1.01. The minimum absolute atomic E-state index is 0.0870. The molecule has 0 aliphatic heterocycles. The first kappa shape index (κ1) is 28.7. The zero-order chi connectivity index (χ0) is 27.7. The molecule has 2 N–H and O–H groups in total. The molecule has 0 spiro atoms. The number of nitrogens with one attached hydrogen (secondary N) is 1. The largest absolute Gasteiger partial charge is 0.490 e. The molecule has 3 aromatic rings. The number of carbonyl (C=O) groups is 2. The average Bonchev–Trinajstić information content (AvgIpc) is 3.34. The Balaban J connectivity index is 1.71. The molecule has 0 aliphatic rings. The van der Waals surface area contributed by atoms with E-state index in [0.29, 0.717) is 12.7 Å². The highest BCUT2D eigenvalue weighted by Crippen LogP contribution is 2.32. The molecule has 1 aromatic heterocycles. The van der Waals surface area contributed by atoms with Crippen LogP contribution in [0.1, 0.15) is 54.9 Å². The number of ether oxygens (including phenoxy) is 2. The topological polar surface area (TPSA) is 97.8 Å². The number of carboxylic acid groups (broad SMARTS) is 1. The predicted molar refractivity (Wildman–Crippen MR) is 139 cm³/mol. The molecular formula is C27H27F3N2O5S. The summed E-state index contributed by atoms with van der Waals surface area (Å²) in [5, 5.41) is 13.0. The number of aliphatic carboxylic acids is 1. The zero-order valence-corrected chi connectivity index (χ0v) is 21.7. The molecule has 3 rings (SSSR count). The second-order valence-electron chi connectivity index (χ2n) is 8.24. The summed E-state index contributed by atoms with van der Waals surface area (Å²) in [6, 6.07) is 6.23. The fraction of sp³-hybridized carbons (Fsp3) is 0.296. The minimum Gasteiger partial charge on any atom is -0.490 e. The standard InChI is InChI=1S/C27H27F3N2O5S/c1-3-4-5-6-7-11-37-22-10-8-9-17(24(22)30)21-15-38-27(31-21)32-25(33)16-12-19(28)18(20(29)13-16)14-23(36-2)26(34)35/h8-10,12-15H,3-7,11H2,1-2H3,(H,34,35)(H,31,32,33)/b23-14-. The van der Waals surface area contributed by atoms with E-state index in [9.17, 15) is 18.4 Å². The fourth-order valence-electron chi connectivity index (χ4n) is 3.52. The van der Waals surface area contributed by atoms with Crippen molar-refractivity contribution in [2.75, 3.05) is 19.0 Å². The van der Waals surface area contributed by atoms with Crippen LogP contribution in [0.25, 0.3) is 17.3 Å². The molecule has 7 nitrogen and oxygen atoms in total. The summed E-state index contributed by atoms with van der Waals surface area (Å²) in [6.45, 7) is 2.53. The summed E-state index contributed by atoms with van der Waals surface area (Å²) in [5.74, 6) is -5.83. The van der Waals surface area contributed by atoms with Crippen molar-refractivity contribution in [2.24, 2.45) is 0 Å². The van der Waals surface area contributed by atoms with Gasteiger partial charge in [-0.05, 0) is 30.7 Å². The van der Waals surface area contributed by atoms with E-state index in [1.807, 2.05) is 0 Å². The third-order valence-corrected chi connectivity index (χ3v) is 6.27. The monoisotopic (exact) mass is 548 g/mol. The first-order valence-corrected chi connectivity index (χ1v) is 12.8. The van der Waals surface area contributed by atoms with Gasteiger partial charge in [-0.3, -0.25) is 10.1 Å². The van der Waals surface area contributed by atoms with Gasteiger partial charge in [0.25, 0.3) is 5.91 Å². The van der Waals surface area contributed by atoms with E-state index >= 15 is 4.39 Å². The number of halogens is 3. The Labute approximate surface area is 221 Å². The maximum Gasteiger partial charge on any atom is 0.371 e. The lowest BCUT2D eigenvalue weighted by atomic mass is 10.1. The molecule has 1 heterocycles. The fourth-order valence-corrected chi connectivity index (χ4v) is 4.23. The number of anilines is 1. The van der Waals surface area contributed by atoms with Crippen molar-refractivity contribution in [3.63, 3.8) is 0 Å². The highest BCUT2D eigenvalue weighted by Gasteiger charge is 2.19. The molecule has 0 unspecified atom stereocenters. The number of rotatable bonds is 13. The lowest BCUT2D eigenvalue weighted by Gasteiger charge is -2.09. The predicted octanol–water partition coefficient (Wildman–Crippen LogP) is 6.90. The molecule has 2 aromatic carbocycles. The van der Waals surface area contributed by atoms with Crippen LogP contribution >= 0.6 is 11.3 Å². The average molecular weight is 549 g/mol. The highest BCUT2D eigenvalue weighted by atomic mass is 32.1. The first-order valence-electron chi connectivity index (χ1n) is 11.9. The Morgan fingerprint density at radius 3 is 2.47 bits per heavy atom. The molecule has 0 radical (unpaired) electrons. The molecule has 11 heteroatoms. The Kier molecular flexibility index (Phi) is 10.3. The van der Waals surface area contributed by atoms with Crippen LogP contribution in [-0.2, 0) is 9.53 Å². The molecule has 202 valence electrons. The number of methoxy groups -OCH3 is 1. The van der Waals surface area contributed by atoms with Crippen molar-refractivity contribution >= 4 is 34.4 Å². The number of aromatic nitrogens is 1. The number of nitrogens with zero attached hydrogens (tertiary/aromatic N) is 1. The number of unbranched alkanes of at least 4 members (excludes halogenated alkanes) is 4. The second kappa shape index (κ2) is 13.6. The number of carbonyl (C=O) groups excluding carboxylic acids is 1. The van der Waals surface area contributed by atoms with E-state index in [-0.39, 0.29) is 27.7 Å². The van der Waals surface area contributed by atoms with Crippen LogP contribution in [0.4, 0.5) is 18.3 Å². The van der Waals surface area contributed by atoms with Gasteiger partial charge in [0.05, 0.1) is 19.4 Å². The third kappa shape index (κ3) is 7.34. The summed E-state index contributed by atoms with van der Waals surface area (Å²) in [7, 11) is 1.05. The lowest BCUT2D eigenvalue weighted by molar-refractivity contribution is -0.135. The van der Waals surface area contributed by atoms with E-state index in [1.165, 1.54) is 17.5 Å². The third-order valence-electron chi connectivity index (χ3n) is 5.52. The quantitative estimate of drug-likeness (QED) is 0.137. The van der Waals surface area contributed by atoms with E-state index in [1.54, 1.807) is 6.07 Å². The van der Waals surface area contributed by atoms with E-state index in [4.69, 9.17) is 9.84 Å². The first-order chi connectivity index (χ1) is 18.2. The molecule has 0 saturated heterocycles. The Hall–Kier alpha value is -3.86. The smallest absolute Gasteiger partial charge is 0.371 e. The Bertz CT molecular complexity index is 1300. The lowest BCUT2D eigenvalue weighted by Crippen LogP contribution is -2.13. The van der Waals surface area contributed by atoms with Crippen LogP contribution in [0.3, 0.4) is 0 Å². The van der Waals surface area contributed by atoms with Gasteiger partial charge in [-0.15, -0.1) is 11.3 Å². The highest BCUT2D eigenvalue weighted by molar-refractivity contribution is 7.14. The summed E-state index contributed by atoms with van der Waals surface area (Å²) in [4.78, 5) is 27.8. The van der Waals surface area contributed by atoms with Gasteiger partial charge in [0, 0.05) is 28.1 Å². The summed E-state index contributed by atoms with van der Waals surface area (Å²) < 4.78 is 54.1. The summed E-state index contributed by atoms with van der Waals surface area (Å²) in [6.07, 6.45) is 5.91. The van der Waals surface area contributed by atoms with Gasteiger partial charge in [0.2, 0.25) is 5.76 Å². The van der Waals surface area contributed by atoms with Crippen LogP contribution in [0.15, 0.2) is 41.5 Å². The molecule has 0 aliphatic carbocycles. The van der Waals surface area contributed by atoms with Crippen molar-refractivity contribution in [3.05, 3.63) is 70.0 Å². The maximum atomic E-state index is 15.0. The number of amides is 1. The number of hydrogen-bond donors (Lipinski definition) is 2. The van der Waals surface area contributed by atoms with Crippen LogP contribution in [-0.4, -0.2) is 35.7 Å². The van der Waals surface area contributed by atoms with Crippen molar-refractivity contribution < 1.29 is 37.3 Å². The number of thiazole rings is 1. The van der Waals surface area contributed by atoms with Crippen LogP contribution in [0.5, 0.6) is 5.75 Å². The van der Waals surface area contributed by atoms with Crippen LogP contribution < -0.4 is 10.1 Å². The zero-order valence-electron chi connectivity index (χ0n) is 20.9. The number of carboxylic acids is 1. The van der Waals surface area contributed by atoms with Crippen molar-refractivity contribution in [2.45, 2.75) is 39.0 Å². The van der Waals surface area contributed by atoms with Crippen molar-refractivity contribution in [3.8, 4) is 17.0 Å². The molecule has 0 fully saturated rings. The Morgan fingerprint density at radius 1 is 1.11 bits per heavy atom. The Morgan fingerprint density at radius 2 is 1.82 bits per heavy atom. The van der Waals surface area contributed by atoms with Crippen molar-refractivity contribution in [1.29, 1.82) is 0 Å². The van der Waals surface area contributed by atoms with Gasteiger partial charge in [-0.1, -0.05) is 38.7 Å². The van der Waals surface area contributed by atoms with Gasteiger partial charge >= 0.3 is 5.97 Å². The maximum absolute atomic E-state index is 15.0. The van der Waals surface area contributed by atoms with Gasteiger partial charge in [0.1, 0.15) is 11.6 Å². The number of benzene rings is 2. The van der Waals surface area contributed by atoms with Gasteiger partial charge in [-0.25, -0.2) is 22.9 Å². The molecule has 38 heavy (non-hydrogen) atoms. The van der Waals surface area contributed by atoms with E-state index in [2.05, 4.69) is 22.0 Å². The van der Waals surface area contributed by atoms with Gasteiger partial charge in [0.15, 0.2) is 16.7 Å². The normalized spacial score (nSPS) is 11.3. The summed E-state index contributed by atoms with van der Waals surface area (Å²) in [5.41, 5.74) is -0.583. The second-order valence-corrected chi connectivity index (χ2v) is 9.10. The molecular weight excluding hydrogens is 521 g/mol.